The van der Waals surface area contributed by atoms with Gasteiger partial charge in [-0.25, -0.2) is 5.43 Å². The van der Waals surface area contributed by atoms with Crippen LogP contribution in [0.1, 0.15) is 21.7 Å². The van der Waals surface area contributed by atoms with E-state index in [0.29, 0.717) is 11.1 Å². The first-order valence-corrected chi connectivity index (χ1v) is 7.38. The van der Waals surface area contributed by atoms with E-state index in [1.54, 1.807) is 13.0 Å². The molecule has 0 aliphatic carbocycles. The monoisotopic (exact) mass is 344 g/mol. The van der Waals surface area contributed by atoms with Crippen molar-refractivity contribution in [3.05, 3.63) is 58.3 Å². The van der Waals surface area contributed by atoms with E-state index in [0.717, 1.165) is 10.9 Å². The fourth-order valence-electron chi connectivity index (χ4n) is 2.29. The van der Waals surface area contributed by atoms with Crippen LogP contribution in [0.5, 0.6) is 11.5 Å². The number of para-hydroxylation sites is 1. The molecule has 2 aromatic carbocycles. The second-order valence-corrected chi connectivity index (χ2v) is 5.53. The first-order chi connectivity index (χ1) is 11.5. The van der Waals surface area contributed by atoms with E-state index in [9.17, 15) is 15.0 Å². The van der Waals surface area contributed by atoms with Crippen LogP contribution < -0.4 is 5.43 Å². The van der Waals surface area contributed by atoms with E-state index in [-0.39, 0.29) is 16.5 Å². The molecule has 0 aliphatic rings. The number of aryl methyl sites for hydroxylation is 1. The number of furan rings is 1. The van der Waals surface area contributed by atoms with Gasteiger partial charge in [0.1, 0.15) is 5.58 Å². The van der Waals surface area contributed by atoms with Crippen LogP contribution in [-0.4, -0.2) is 22.3 Å². The lowest BCUT2D eigenvalue weighted by molar-refractivity contribution is 0.0929. The fourth-order valence-corrected chi connectivity index (χ4v) is 2.51. The van der Waals surface area contributed by atoms with E-state index >= 15 is 0 Å². The molecule has 3 rings (SSSR count). The Bertz CT molecular complexity index is 939. The lowest BCUT2D eigenvalue weighted by atomic mass is 10.1. The van der Waals surface area contributed by atoms with E-state index in [2.05, 4.69) is 10.5 Å². The summed E-state index contributed by atoms with van der Waals surface area (Å²) in [6.07, 6.45) is 1.29. The second kappa shape index (κ2) is 6.25. The summed E-state index contributed by atoms with van der Waals surface area (Å²) in [6.45, 7) is 1.79. The number of hydrazone groups is 1. The molecule has 1 aromatic heterocycles. The van der Waals surface area contributed by atoms with Crippen LogP contribution in [0.3, 0.4) is 0 Å². The standard InChI is InChI=1S/C17H13ClN2O4/c1-9-11-4-2-3-5-14(11)24-16(9)17(23)20-19-8-10-6-12(18)15(22)13(21)7-10/h2-8,21-22H,1H3,(H,20,23)/b19-8+. The molecule has 0 aliphatic heterocycles. The van der Waals surface area contributed by atoms with Gasteiger partial charge in [0.2, 0.25) is 0 Å². The summed E-state index contributed by atoms with van der Waals surface area (Å²) in [5.74, 6) is -1.09. The zero-order valence-electron chi connectivity index (χ0n) is 12.6. The van der Waals surface area contributed by atoms with Gasteiger partial charge in [-0.05, 0) is 30.7 Å². The average Bonchev–Trinajstić information content (AvgIpc) is 2.90. The fraction of sp³-hybridized carbons (Fsp3) is 0.0588. The Balaban J connectivity index is 1.78. The number of nitrogens with one attached hydrogen (secondary N) is 1. The minimum absolute atomic E-state index is 0.0177. The number of phenols is 2. The molecule has 0 radical (unpaired) electrons. The van der Waals surface area contributed by atoms with Gasteiger partial charge in [0.05, 0.1) is 11.2 Å². The van der Waals surface area contributed by atoms with Gasteiger partial charge in [-0.3, -0.25) is 4.79 Å². The molecule has 6 nitrogen and oxygen atoms in total. The number of amides is 1. The molecule has 0 bridgehead atoms. The molecule has 122 valence electrons. The van der Waals surface area contributed by atoms with Crippen molar-refractivity contribution in [1.29, 1.82) is 0 Å². The third kappa shape index (κ3) is 2.91. The lowest BCUT2D eigenvalue weighted by Gasteiger charge is -2.02. The van der Waals surface area contributed by atoms with Crippen LogP contribution in [0.25, 0.3) is 11.0 Å². The van der Waals surface area contributed by atoms with Gasteiger partial charge in [-0.2, -0.15) is 5.10 Å². The van der Waals surface area contributed by atoms with Crippen molar-refractivity contribution in [3.63, 3.8) is 0 Å². The third-order valence-electron chi connectivity index (χ3n) is 3.50. The Labute approximate surface area is 142 Å². The molecule has 7 heteroatoms. The van der Waals surface area contributed by atoms with Gasteiger partial charge >= 0.3 is 5.91 Å². The van der Waals surface area contributed by atoms with Crippen molar-refractivity contribution in [2.24, 2.45) is 5.10 Å². The van der Waals surface area contributed by atoms with E-state index in [4.69, 9.17) is 16.0 Å². The van der Waals surface area contributed by atoms with Crippen LogP contribution in [0, 0.1) is 6.92 Å². The van der Waals surface area contributed by atoms with Gasteiger partial charge in [-0.15, -0.1) is 0 Å². The summed E-state index contributed by atoms with van der Waals surface area (Å²) in [6, 6.07) is 10.0. The highest BCUT2D eigenvalue weighted by molar-refractivity contribution is 6.32. The summed E-state index contributed by atoms with van der Waals surface area (Å²) in [4.78, 5) is 12.2. The number of hydrogen-bond donors (Lipinski definition) is 3. The number of fused-ring (bicyclic) bond motifs is 1. The number of nitrogens with zero attached hydrogens (tertiary/aromatic N) is 1. The van der Waals surface area contributed by atoms with Crippen molar-refractivity contribution in [2.45, 2.75) is 6.92 Å². The summed E-state index contributed by atoms with van der Waals surface area (Å²) >= 11 is 5.75. The topological polar surface area (TPSA) is 95.1 Å². The number of carbonyl (C=O) groups is 1. The Hall–Kier alpha value is -2.99. The minimum atomic E-state index is -0.492. The SMILES string of the molecule is Cc1c(C(=O)N/N=C/c2cc(O)c(O)c(Cl)c2)oc2ccccc12. The molecule has 24 heavy (non-hydrogen) atoms. The number of rotatable bonds is 3. The maximum absolute atomic E-state index is 12.2. The Morgan fingerprint density at radius 2 is 2.04 bits per heavy atom. The zero-order chi connectivity index (χ0) is 17.3. The second-order valence-electron chi connectivity index (χ2n) is 5.12. The molecule has 3 N–H and O–H groups in total. The highest BCUT2D eigenvalue weighted by atomic mass is 35.5. The summed E-state index contributed by atoms with van der Waals surface area (Å²) in [7, 11) is 0. The quantitative estimate of drug-likeness (QED) is 0.384. The van der Waals surface area contributed by atoms with Gasteiger partial charge in [-0.1, -0.05) is 29.8 Å². The molecular weight excluding hydrogens is 332 g/mol. The average molecular weight is 345 g/mol. The van der Waals surface area contributed by atoms with Crippen LogP contribution in [-0.2, 0) is 0 Å². The van der Waals surface area contributed by atoms with Gasteiger partial charge in [0, 0.05) is 10.9 Å². The normalized spacial score (nSPS) is 11.2. The number of hydrogen-bond acceptors (Lipinski definition) is 5. The summed E-state index contributed by atoms with van der Waals surface area (Å²) in [5.41, 5.74) is 4.12. The van der Waals surface area contributed by atoms with Crippen molar-refractivity contribution >= 4 is 34.7 Å². The van der Waals surface area contributed by atoms with Crippen molar-refractivity contribution in [1.82, 2.24) is 5.43 Å². The number of carbonyl (C=O) groups excluding carboxylic acids is 1. The predicted molar refractivity (Wildman–Crippen MR) is 90.8 cm³/mol. The number of phenolic OH excluding ortho intramolecular Hbond substituents is 2. The Morgan fingerprint density at radius 1 is 1.29 bits per heavy atom. The largest absolute Gasteiger partial charge is 0.504 e. The Kier molecular flexibility index (Phi) is 4.14. The molecule has 0 saturated heterocycles. The smallest absolute Gasteiger partial charge is 0.307 e. The maximum Gasteiger partial charge on any atom is 0.307 e. The number of aromatic hydroxyl groups is 2. The van der Waals surface area contributed by atoms with E-state index in [1.807, 2.05) is 18.2 Å². The first-order valence-electron chi connectivity index (χ1n) is 7.00. The summed E-state index contributed by atoms with van der Waals surface area (Å²) < 4.78 is 5.54. The summed E-state index contributed by atoms with van der Waals surface area (Å²) in [5, 5.41) is 23.5. The molecule has 0 saturated carbocycles. The van der Waals surface area contributed by atoms with Crippen molar-refractivity contribution in [2.75, 3.05) is 0 Å². The minimum Gasteiger partial charge on any atom is -0.504 e. The lowest BCUT2D eigenvalue weighted by Crippen LogP contribution is -2.17. The molecule has 3 aromatic rings. The van der Waals surface area contributed by atoms with Crippen LogP contribution in [0.15, 0.2) is 45.9 Å². The number of benzene rings is 2. The van der Waals surface area contributed by atoms with Crippen LogP contribution in [0.4, 0.5) is 0 Å². The van der Waals surface area contributed by atoms with Crippen LogP contribution in [0.2, 0.25) is 5.02 Å². The molecule has 0 spiro atoms. The third-order valence-corrected chi connectivity index (χ3v) is 3.78. The molecule has 1 heterocycles. The molecule has 0 fully saturated rings. The molecule has 0 atom stereocenters. The first kappa shape index (κ1) is 15.9. The highest BCUT2D eigenvalue weighted by Gasteiger charge is 2.16. The zero-order valence-corrected chi connectivity index (χ0v) is 13.3. The molecule has 0 unspecified atom stereocenters. The predicted octanol–water partition coefficient (Wildman–Crippen LogP) is 3.57. The highest BCUT2D eigenvalue weighted by Crippen LogP contribution is 2.33. The van der Waals surface area contributed by atoms with Crippen LogP contribution >= 0.6 is 11.6 Å². The van der Waals surface area contributed by atoms with Crippen molar-refractivity contribution < 1.29 is 19.4 Å². The maximum atomic E-state index is 12.2. The molecule has 1 amide bonds. The van der Waals surface area contributed by atoms with Crippen molar-refractivity contribution in [3.8, 4) is 11.5 Å². The van der Waals surface area contributed by atoms with Gasteiger partial charge in [0.25, 0.3) is 0 Å². The van der Waals surface area contributed by atoms with E-state index < -0.39 is 11.7 Å². The number of halogens is 1. The van der Waals surface area contributed by atoms with Gasteiger partial charge < -0.3 is 14.6 Å². The van der Waals surface area contributed by atoms with Gasteiger partial charge in [0.15, 0.2) is 17.3 Å². The Morgan fingerprint density at radius 3 is 2.75 bits per heavy atom. The van der Waals surface area contributed by atoms with E-state index in [1.165, 1.54) is 18.3 Å². The molecular formula is C17H13ClN2O4.